The van der Waals surface area contributed by atoms with E-state index in [9.17, 15) is 9.18 Å². The summed E-state index contributed by atoms with van der Waals surface area (Å²) >= 11 is 1.68. The fourth-order valence-electron chi connectivity index (χ4n) is 6.04. The van der Waals surface area contributed by atoms with Crippen molar-refractivity contribution in [1.82, 2.24) is 14.5 Å². The number of amides is 1. The number of aliphatic imine (C=N–C) groups is 1. The number of carbonyl (C=O) groups excluding carboxylic acids is 1. The van der Waals surface area contributed by atoms with E-state index < -0.39 is 5.82 Å². The van der Waals surface area contributed by atoms with Crippen molar-refractivity contribution in [2.24, 2.45) is 4.99 Å². The second kappa shape index (κ2) is 15.4. The molecule has 0 bridgehead atoms. The van der Waals surface area contributed by atoms with E-state index in [0.717, 1.165) is 58.2 Å². The maximum Gasteiger partial charge on any atom is 0.229 e. The minimum atomic E-state index is -0.482. The number of hydrogen-bond donors (Lipinski definition) is 2. The molecular weight excluding hydrogens is 608 g/mol. The lowest BCUT2D eigenvalue weighted by Crippen LogP contribution is -2.18. The number of rotatable bonds is 12. The van der Waals surface area contributed by atoms with Crippen LogP contribution in [0.4, 0.5) is 15.8 Å². The van der Waals surface area contributed by atoms with Gasteiger partial charge in [0, 0.05) is 41.5 Å². The highest BCUT2D eigenvalue weighted by Crippen LogP contribution is 2.34. The molecule has 0 radical (unpaired) electrons. The number of benzene rings is 2. The molecule has 6 rings (SSSR count). The molecule has 1 fully saturated rings. The predicted octanol–water partition coefficient (Wildman–Crippen LogP) is 8.92. The van der Waals surface area contributed by atoms with E-state index in [1.165, 1.54) is 37.6 Å². The number of fused-ring (bicyclic) bond motifs is 1. The van der Waals surface area contributed by atoms with Gasteiger partial charge in [-0.2, -0.15) is 5.10 Å². The van der Waals surface area contributed by atoms with Gasteiger partial charge in [-0.15, -0.1) is 11.8 Å². The number of aromatic nitrogens is 2. The van der Waals surface area contributed by atoms with Gasteiger partial charge in [0.2, 0.25) is 5.91 Å². The van der Waals surface area contributed by atoms with Crippen LogP contribution in [0.15, 0.2) is 101 Å². The SMILES string of the molecule is CC/C=C(/N=C\C=C(/C)c1c(-c2ccc(F)c(NC(=O)CC3=CCCS3)c2)nn2ccccc12)Nc1cccc(CN2CCCC2)c1. The summed E-state index contributed by atoms with van der Waals surface area (Å²) in [6.45, 7) is 7.42. The highest BCUT2D eigenvalue weighted by atomic mass is 32.2. The second-order valence-electron chi connectivity index (χ2n) is 11.9. The van der Waals surface area contributed by atoms with Crippen molar-refractivity contribution in [3.63, 3.8) is 0 Å². The Kier molecular flexibility index (Phi) is 10.6. The summed E-state index contributed by atoms with van der Waals surface area (Å²) in [5.74, 6) is 1.05. The molecule has 0 saturated carbocycles. The molecule has 242 valence electrons. The van der Waals surface area contributed by atoms with Crippen molar-refractivity contribution >= 4 is 46.3 Å². The van der Waals surface area contributed by atoms with Crippen molar-refractivity contribution in [2.45, 2.75) is 52.5 Å². The van der Waals surface area contributed by atoms with Crippen LogP contribution in [-0.2, 0) is 11.3 Å². The first kappa shape index (κ1) is 32.5. The Morgan fingerprint density at radius 2 is 1.96 bits per heavy atom. The summed E-state index contributed by atoms with van der Waals surface area (Å²) in [5.41, 5.74) is 6.64. The summed E-state index contributed by atoms with van der Waals surface area (Å²) < 4.78 is 16.7. The third kappa shape index (κ3) is 8.28. The number of carbonyl (C=O) groups is 1. The fourth-order valence-corrected chi connectivity index (χ4v) is 7.01. The highest BCUT2D eigenvalue weighted by Gasteiger charge is 2.19. The number of allylic oxidation sites excluding steroid dienone is 4. The molecule has 47 heavy (non-hydrogen) atoms. The summed E-state index contributed by atoms with van der Waals surface area (Å²) in [6, 6.07) is 19.2. The van der Waals surface area contributed by atoms with Gasteiger partial charge in [-0.3, -0.25) is 9.69 Å². The Morgan fingerprint density at radius 3 is 2.77 bits per heavy atom. The van der Waals surface area contributed by atoms with Crippen LogP contribution < -0.4 is 10.6 Å². The molecule has 2 aromatic heterocycles. The molecule has 0 spiro atoms. The number of thioether (sulfide) groups is 1. The molecule has 1 saturated heterocycles. The van der Waals surface area contributed by atoms with E-state index in [4.69, 9.17) is 10.1 Å². The molecule has 0 atom stereocenters. The van der Waals surface area contributed by atoms with Gasteiger partial charge in [-0.25, -0.2) is 13.9 Å². The van der Waals surface area contributed by atoms with Crippen LogP contribution >= 0.6 is 11.8 Å². The lowest BCUT2D eigenvalue weighted by Gasteiger charge is -2.15. The van der Waals surface area contributed by atoms with Gasteiger partial charge in [-0.05, 0) is 116 Å². The molecule has 2 aromatic carbocycles. The first-order valence-corrected chi connectivity index (χ1v) is 17.3. The molecule has 2 aliphatic rings. The summed E-state index contributed by atoms with van der Waals surface area (Å²) in [6.07, 6.45) is 14.4. The van der Waals surface area contributed by atoms with E-state index in [0.29, 0.717) is 11.3 Å². The third-order valence-corrected chi connectivity index (χ3v) is 9.42. The van der Waals surface area contributed by atoms with E-state index in [1.54, 1.807) is 30.1 Å². The average Bonchev–Trinajstić information content (AvgIpc) is 3.84. The van der Waals surface area contributed by atoms with Crippen LogP contribution in [0.25, 0.3) is 22.3 Å². The van der Waals surface area contributed by atoms with Crippen LogP contribution in [0.5, 0.6) is 0 Å². The number of anilines is 2. The lowest BCUT2D eigenvalue weighted by atomic mass is 10.00. The van der Waals surface area contributed by atoms with E-state index in [2.05, 4.69) is 58.9 Å². The molecule has 0 aliphatic carbocycles. The second-order valence-corrected chi connectivity index (χ2v) is 13.1. The summed E-state index contributed by atoms with van der Waals surface area (Å²) in [7, 11) is 0. The minimum absolute atomic E-state index is 0.146. The van der Waals surface area contributed by atoms with Crippen molar-refractivity contribution in [1.29, 1.82) is 0 Å². The number of pyridine rings is 1. The lowest BCUT2D eigenvalue weighted by molar-refractivity contribution is -0.115. The van der Waals surface area contributed by atoms with Crippen molar-refractivity contribution in [2.75, 3.05) is 29.5 Å². The van der Waals surface area contributed by atoms with Crippen LogP contribution in [0, 0.1) is 5.82 Å². The molecule has 7 nitrogen and oxygen atoms in total. The third-order valence-electron chi connectivity index (χ3n) is 8.30. The van der Waals surface area contributed by atoms with Crippen LogP contribution in [0.3, 0.4) is 0 Å². The molecule has 4 aromatic rings. The number of hydrogen-bond acceptors (Lipinski definition) is 6. The highest BCUT2D eigenvalue weighted by molar-refractivity contribution is 8.03. The smallest absolute Gasteiger partial charge is 0.229 e. The molecule has 1 amide bonds. The Labute approximate surface area is 280 Å². The molecular formula is C38H41FN6OS. The Bertz CT molecular complexity index is 1870. The van der Waals surface area contributed by atoms with Gasteiger partial charge >= 0.3 is 0 Å². The van der Waals surface area contributed by atoms with Gasteiger partial charge in [0.25, 0.3) is 0 Å². The standard InChI is InChI=1S/C38H41FN6OS/c1-3-10-35(41-30-12-8-11-28(23-30)26-44-19-6-7-20-44)40-18-17-27(2)37-34-14-4-5-21-45(34)43-38(37)29-15-16-32(39)33(24-29)42-36(46)25-31-13-9-22-47-31/h4-5,8,10-18,21,23-24,41H,3,6-7,9,19-20,22,25-26H2,1-2H3,(H,42,46)/b27-17+,35-10-,40-18-. The zero-order valence-corrected chi connectivity index (χ0v) is 27.8. The fraction of sp³-hybridized carbons (Fsp3) is 0.289. The molecule has 2 aliphatic heterocycles. The van der Waals surface area contributed by atoms with Crippen LogP contribution in [-0.4, -0.2) is 45.5 Å². The van der Waals surface area contributed by atoms with Gasteiger partial charge in [0.05, 0.1) is 17.6 Å². The molecule has 4 heterocycles. The topological polar surface area (TPSA) is 74.0 Å². The number of nitrogens with zero attached hydrogens (tertiary/aromatic N) is 4. The predicted molar refractivity (Wildman–Crippen MR) is 194 cm³/mol. The number of halogens is 1. The largest absolute Gasteiger partial charge is 0.341 e. The maximum absolute atomic E-state index is 14.9. The molecule has 9 heteroatoms. The first-order valence-electron chi connectivity index (χ1n) is 16.4. The van der Waals surface area contributed by atoms with Gasteiger partial charge in [-0.1, -0.05) is 31.2 Å². The van der Waals surface area contributed by atoms with E-state index in [-0.39, 0.29) is 18.0 Å². The van der Waals surface area contributed by atoms with Crippen molar-refractivity contribution in [3.8, 4) is 11.3 Å². The summed E-state index contributed by atoms with van der Waals surface area (Å²) in [4.78, 5) is 21.0. The van der Waals surface area contributed by atoms with Crippen LogP contribution in [0.2, 0.25) is 0 Å². The van der Waals surface area contributed by atoms with E-state index in [1.807, 2.05) is 41.9 Å². The molecule has 0 unspecified atom stereocenters. The Hall–Kier alpha value is -4.47. The minimum Gasteiger partial charge on any atom is -0.341 e. The van der Waals surface area contributed by atoms with Gasteiger partial charge in [0.15, 0.2) is 0 Å². The van der Waals surface area contributed by atoms with E-state index >= 15 is 0 Å². The van der Waals surface area contributed by atoms with Gasteiger partial charge < -0.3 is 10.6 Å². The first-order chi connectivity index (χ1) is 23.0. The van der Waals surface area contributed by atoms with Crippen molar-refractivity contribution < 1.29 is 9.18 Å². The Balaban J connectivity index is 1.23. The molecule has 2 N–H and O–H groups in total. The van der Waals surface area contributed by atoms with Gasteiger partial charge in [0.1, 0.15) is 17.3 Å². The quantitative estimate of drug-likeness (QED) is 0.150. The zero-order chi connectivity index (χ0) is 32.6. The monoisotopic (exact) mass is 648 g/mol. The van der Waals surface area contributed by atoms with Crippen molar-refractivity contribution in [3.05, 3.63) is 113 Å². The van der Waals surface area contributed by atoms with Crippen LogP contribution in [0.1, 0.15) is 57.1 Å². The summed E-state index contributed by atoms with van der Waals surface area (Å²) in [5, 5.41) is 11.1. The normalized spacial score (nSPS) is 15.9. The zero-order valence-electron chi connectivity index (χ0n) is 27.0. The average molecular weight is 649 g/mol. The number of nitrogens with one attached hydrogen (secondary N) is 2. The Morgan fingerprint density at radius 1 is 1.09 bits per heavy atom. The number of likely N-dealkylation sites (tertiary alicyclic amines) is 1. The maximum atomic E-state index is 14.9.